The number of carbonyl (C=O) groups is 1. The van der Waals surface area contributed by atoms with Gasteiger partial charge in [-0.3, -0.25) is 4.79 Å². The van der Waals surface area contributed by atoms with E-state index in [0.717, 1.165) is 46.7 Å². The Balaban J connectivity index is 1.80. The molecule has 2 aromatic rings. The Hall–Kier alpha value is -2.81. The first-order valence-electron chi connectivity index (χ1n) is 8.71. The average molecular weight is 331 g/mol. The average Bonchev–Trinajstić information content (AvgIpc) is 2.68. The second-order valence-electron chi connectivity index (χ2n) is 6.49. The molecule has 2 aliphatic rings. The third kappa shape index (κ3) is 2.98. The summed E-state index contributed by atoms with van der Waals surface area (Å²) in [4.78, 5) is 12.6. The van der Waals surface area contributed by atoms with Crippen molar-refractivity contribution in [3.63, 3.8) is 0 Å². The van der Waals surface area contributed by atoms with Gasteiger partial charge in [0, 0.05) is 29.3 Å². The van der Waals surface area contributed by atoms with Gasteiger partial charge in [-0.25, -0.2) is 0 Å². The Morgan fingerprint density at radius 2 is 1.76 bits per heavy atom. The van der Waals surface area contributed by atoms with Crippen molar-refractivity contribution in [3.8, 4) is 5.75 Å². The van der Waals surface area contributed by atoms with E-state index in [2.05, 4.69) is 35.7 Å². The lowest BCUT2D eigenvalue weighted by molar-refractivity contribution is -0.116. The molecule has 4 rings (SSSR count). The van der Waals surface area contributed by atoms with E-state index in [-0.39, 0.29) is 11.7 Å². The van der Waals surface area contributed by atoms with E-state index in [4.69, 9.17) is 4.74 Å². The fraction of sp³-hybridized carbons (Fsp3) is 0.227. The molecule has 0 saturated heterocycles. The number of dihydropyridines is 1. The molecule has 1 N–H and O–H groups in total. The van der Waals surface area contributed by atoms with Gasteiger partial charge < -0.3 is 10.1 Å². The molecule has 0 bridgehead atoms. The van der Waals surface area contributed by atoms with Gasteiger partial charge in [0.1, 0.15) is 5.75 Å². The smallest absolute Gasteiger partial charge is 0.161 e. The van der Waals surface area contributed by atoms with E-state index in [1.54, 1.807) is 7.11 Å². The minimum absolute atomic E-state index is 0.00911. The highest BCUT2D eigenvalue weighted by molar-refractivity contribution is 6.00. The van der Waals surface area contributed by atoms with Crippen LogP contribution < -0.4 is 10.1 Å². The van der Waals surface area contributed by atoms with E-state index >= 15 is 0 Å². The number of carbonyl (C=O) groups excluding carboxylic acids is 1. The zero-order valence-electron chi connectivity index (χ0n) is 14.3. The van der Waals surface area contributed by atoms with E-state index in [0.29, 0.717) is 6.42 Å². The Morgan fingerprint density at radius 3 is 2.48 bits per heavy atom. The molecule has 1 unspecified atom stereocenters. The van der Waals surface area contributed by atoms with Crippen LogP contribution in [0.3, 0.4) is 0 Å². The predicted octanol–water partition coefficient (Wildman–Crippen LogP) is 4.43. The molecule has 0 fully saturated rings. The molecule has 1 aliphatic heterocycles. The van der Waals surface area contributed by atoms with Crippen LogP contribution in [0.2, 0.25) is 0 Å². The van der Waals surface area contributed by atoms with Crippen molar-refractivity contribution >= 4 is 11.5 Å². The Bertz CT molecular complexity index is 847. The SMILES string of the molecule is COc1ccc(C2C=C(c3ccccc3)NC3=C2C(=O)CCC3)cc1. The molecule has 0 saturated carbocycles. The maximum atomic E-state index is 12.6. The number of hydrogen-bond acceptors (Lipinski definition) is 3. The maximum absolute atomic E-state index is 12.6. The molecule has 25 heavy (non-hydrogen) atoms. The van der Waals surface area contributed by atoms with Crippen LogP contribution in [0, 0.1) is 0 Å². The summed E-state index contributed by atoms with van der Waals surface area (Å²) >= 11 is 0. The molecule has 126 valence electrons. The highest BCUT2D eigenvalue weighted by Gasteiger charge is 2.31. The van der Waals surface area contributed by atoms with E-state index in [1.807, 2.05) is 30.3 Å². The number of rotatable bonds is 3. The summed E-state index contributed by atoms with van der Waals surface area (Å²) in [5, 5.41) is 3.52. The number of ketones is 1. The molecular formula is C22H21NO2. The standard InChI is InChI=1S/C22H21NO2/c1-25-17-12-10-15(11-13-17)18-14-20(16-6-3-2-4-7-16)23-19-8-5-9-21(24)22(18)19/h2-4,6-7,10-14,18,23H,5,8-9H2,1H3. The zero-order valence-corrected chi connectivity index (χ0v) is 14.3. The van der Waals surface area contributed by atoms with Crippen molar-refractivity contribution < 1.29 is 9.53 Å². The van der Waals surface area contributed by atoms with Gasteiger partial charge in [0.05, 0.1) is 7.11 Å². The second kappa shape index (κ2) is 6.60. The minimum Gasteiger partial charge on any atom is -0.497 e. The molecule has 0 spiro atoms. The molecule has 1 aliphatic carbocycles. The molecule has 2 aromatic carbocycles. The molecule has 1 atom stereocenters. The first-order chi connectivity index (χ1) is 12.3. The minimum atomic E-state index is -0.00911. The lowest BCUT2D eigenvalue weighted by Crippen LogP contribution is -2.28. The van der Waals surface area contributed by atoms with Gasteiger partial charge in [-0.1, -0.05) is 42.5 Å². The third-order valence-corrected chi connectivity index (χ3v) is 4.95. The summed E-state index contributed by atoms with van der Waals surface area (Å²) < 4.78 is 5.27. The second-order valence-corrected chi connectivity index (χ2v) is 6.49. The fourth-order valence-electron chi connectivity index (χ4n) is 3.67. The van der Waals surface area contributed by atoms with Crippen LogP contribution in [0.25, 0.3) is 5.70 Å². The largest absolute Gasteiger partial charge is 0.497 e. The number of hydrogen-bond donors (Lipinski definition) is 1. The Morgan fingerprint density at radius 1 is 1.00 bits per heavy atom. The zero-order chi connectivity index (χ0) is 17.2. The molecule has 3 nitrogen and oxygen atoms in total. The van der Waals surface area contributed by atoms with Crippen LogP contribution in [-0.2, 0) is 4.79 Å². The number of Topliss-reactive ketones (excluding diaryl/α,β-unsaturated/α-hetero) is 1. The van der Waals surface area contributed by atoms with Crippen molar-refractivity contribution in [3.05, 3.63) is 83.1 Å². The molecule has 1 heterocycles. The lowest BCUT2D eigenvalue weighted by Gasteiger charge is -2.31. The van der Waals surface area contributed by atoms with Crippen LogP contribution in [0.15, 0.2) is 71.9 Å². The van der Waals surface area contributed by atoms with Gasteiger partial charge >= 0.3 is 0 Å². The Kier molecular flexibility index (Phi) is 4.14. The number of allylic oxidation sites excluding steroid dienone is 3. The van der Waals surface area contributed by atoms with Crippen LogP contribution in [0.1, 0.15) is 36.3 Å². The van der Waals surface area contributed by atoms with Crippen molar-refractivity contribution in [2.24, 2.45) is 0 Å². The molecular weight excluding hydrogens is 310 g/mol. The highest BCUT2D eigenvalue weighted by atomic mass is 16.5. The lowest BCUT2D eigenvalue weighted by atomic mass is 9.79. The molecule has 0 amide bonds. The first kappa shape index (κ1) is 15.7. The van der Waals surface area contributed by atoms with Crippen LogP contribution in [-0.4, -0.2) is 12.9 Å². The monoisotopic (exact) mass is 331 g/mol. The van der Waals surface area contributed by atoms with Crippen molar-refractivity contribution in [2.75, 3.05) is 7.11 Å². The van der Waals surface area contributed by atoms with Crippen molar-refractivity contribution in [1.29, 1.82) is 0 Å². The van der Waals surface area contributed by atoms with E-state index < -0.39 is 0 Å². The number of benzene rings is 2. The first-order valence-corrected chi connectivity index (χ1v) is 8.71. The van der Waals surface area contributed by atoms with Crippen molar-refractivity contribution in [2.45, 2.75) is 25.2 Å². The number of ether oxygens (including phenoxy) is 1. The van der Waals surface area contributed by atoms with Gasteiger partial charge in [-0.15, -0.1) is 0 Å². The highest BCUT2D eigenvalue weighted by Crippen LogP contribution is 2.39. The summed E-state index contributed by atoms with van der Waals surface area (Å²) in [6.45, 7) is 0. The molecule has 0 radical (unpaired) electrons. The van der Waals surface area contributed by atoms with Gasteiger partial charge in [0.25, 0.3) is 0 Å². The van der Waals surface area contributed by atoms with Crippen LogP contribution in [0.4, 0.5) is 0 Å². The third-order valence-electron chi connectivity index (χ3n) is 4.95. The van der Waals surface area contributed by atoms with Crippen LogP contribution >= 0.6 is 0 Å². The summed E-state index contributed by atoms with van der Waals surface area (Å²) in [5.74, 6) is 1.08. The molecule has 0 aromatic heterocycles. The van der Waals surface area contributed by atoms with E-state index in [9.17, 15) is 4.79 Å². The van der Waals surface area contributed by atoms with Crippen molar-refractivity contribution in [1.82, 2.24) is 5.32 Å². The van der Waals surface area contributed by atoms with Gasteiger partial charge in [0.15, 0.2) is 5.78 Å². The van der Waals surface area contributed by atoms with Crippen LogP contribution in [0.5, 0.6) is 5.75 Å². The normalized spacial score (nSPS) is 19.8. The Labute approximate surface area is 148 Å². The van der Waals surface area contributed by atoms with Gasteiger partial charge in [0.2, 0.25) is 0 Å². The van der Waals surface area contributed by atoms with Gasteiger partial charge in [-0.05, 0) is 42.2 Å². The summed E-state index contributed by atoms with van der Waals surface area (Å²) in [6, 6.07) is 18.3. The summed E-state index contributed by atoms with van der Waals surface area (Å²) in [5.41, 5.74) is 5.36. The quantitative estimate of drug-likeness (QED) is 0.904. The summed E-state index contributed by atoms with van der Waals surface area (Å²) in [7, 11) is 1.66. The predicted molar refractivity (Wildman–Crippen MR) is 99.2 cm³/mol. The number of nitrogens with one attached hydrogen (secondary N) is 1. The fourth-order valence-corrected chi connectivity index (χ4v) is 3.67. The number of methoxy groups -OCH3 is 1. The molecule has 3 heteroatoms. The van der Waals surface area contributed by atoms with Gasteiger partial charge in [-0.2, -0.15) is 0 Å². The maximum Gasteiger partial charge on any atom is 0.161 e. The van der Waals surface area contributed by atoms with E-state index in [1.165, 1.54) is 0 Å². The summed E-state index contributed by atoms with van der Waals surface area (Å²) in [6.07, 6.45) is 4.67. The topological polar surface area (TPSA) is 38.3 Å².